The summed E-state index contributed by atoms with van der Waals surface area (Å²) < 4.78 is 4.94. The van der Waals surface area contributed by atoms with Gasteiger partial charge in [0.25, 0.3) is 0 Å². The normalized spacial score (nSPS) is 13.0. The molecule has 0 aromatic heterocycles. The van der Waals surface area contributed by atoms with Crippen LogP contribution in [0.15, 0.2) is 0 Å². The standard InChI is InChI=1S/C7H14O3/c1-3-4-6(2)10-5-7(8)9/h6H,3-5H2,1-2H3,(H,8,9)/t6-/m0/s1. The zero-order chi connectivity index (χ0) is 7.98. The van der Waals surface area contributed by atoms with E-state index in [0.717, 1.165) is 12.8 Å². The highest BCUT2D eigenvalue weighted by molar-refractivity contribution is 5.68. The van der Waals surface area contributed by atoms with Gasteiger partial charge in [0.2, 0.25) is 0 Å². The predicted molar refractivity (Wildman–Crippen MR) is 38.0 cm³/mol. The van der Waals surface area contributed by atoms with Crippen molar-refractivity contribution in [3.05, 3.63) is 0 Å². The molecule has 0 aliphatic rings. The summed E-state index contributed by atoms with van der Waals surface area (Å²) in [5.74, 6) is -0.900. The average molecular weight is 146 g/mol. The van der Waals surface area contributed by atoms with E-state index >= 15 is 0 Å². The molecule has 1 atom stereocenters. The first-order chi connectivity index (χ1) is 4.66. The van der Waals surface area contributed by atoms with Crippen LogP contribution in [0.25, 0.3) is 0 Å². The maximum Gasteiger partial charge on any atom is 0.329 e. The molecule has 0 rings (SSSR count). The molecule has 60 valence electrons. The topological polar surface area (TPSA) is 46.5 Å². The van der Waals surface area contributed by atoms with Crippen LogP contribution in [0.5, 0.6) is 0 Å². The van der Waals surface area contributed by atoms with Gasteiger partial charge in [-0.25, -0.2) is 4.79 Å². The van der Waals surface area contributed by atoms with Crippen LogP contribution in [0.1, 0.15) is 26.7 Å². The van der Waals surface area contributed by atoms with Crippen LogP contribution in [0.2, 0.25) is 0 Å². The molecule has 0 aliphatic heterocycles. The molecular formula is C7H14O3. The van der Waals surface area contributed by atoms with Crippen molar-refractivity contribution in [1.82, 2.24) is 0 Å². The lowest BCUT2D eigenvalue weighted by atomic mass is 10.2. The molecular weight excluding hydrogens is 132 g/mol. The Bertz CT molecular complexity index is 101. The summed E-state index contributed by atoms with van der Waals surface area (Å²) in [7, 11) is 0. The molecule has 1 N–H and O–H groups in total. The van der Waals surface area contributed by atoms with E-state index in [1.165, 1.54) is 0 Å². The first-order valence-electron chi connectivity index (χ1n) is 3.50. The Morgan fingerprint density at radius 3 is 2.70 bits per heavy atom. The minimum absolute atomic E-state index is 0.0705. The van der Waals surface area contributed by atoms with Crippen LogP contribution < -0.4 is 0 Å². The molecule has 0 saturated heterocycles. The highest BCUT2D eigenvalue weighted by atomic mass is 16.5. The Kier molecular flexibility index (Phi) is 4.94. The summed E-state index contributed by atoms with van der Waals surface area (Å²) in [4.78, 5) is 9.98. The molecule has 0 heterocycles. The second-order valence-corrected chi connectivity index (χ2v) is 2.30. The van der Waals surface area contributed by atoms with Crippen molar-refractivity contribution >= 4 is 5.97 Å². The third-order valence-electron chi connectivity index (χ3n) is 1.19. The van der Waals surface area contributed by atoms with E-state index in [4.69, 9.17) is 9.84 Å². The first-order valence-corrected chi connectivity index (χ1v) is 3.50. The van der Waals surface area contributed by atoms with Crippen molar-refractivity contribution in [3.63, 3.8) is 0 Å². The number of carbonyl (C=O) groups is 1. The summed E-state index contributed by atoms with van der Waals surface area (Å²) in [5, 5.41) is 8.21. The largest absolute Gasteiger partial charge is 0.480 e. The Labute approximate surface area is 61.0 Å². The molecule has 3 heteroatoms. The molecule has 0 unspecified atom stereocenters. The van der Waals surface area contributed by atoms with Crippen LogP contribution in [-0.4, -0.2) is 23.8 Å². The Morgan fingerprint density at radius 1 is 1.70 bits per heavy atom. The number of rotatable bonds is 5. The fourth-order valence-corrected chi connectivity index (χ4v) is 0.703. The van der Waals surface area contributed by atoms with Gasteiger partial charge in [-0.05, 0) is 13.3 Å². The van der Waals surface area contributed by atoms with Gasteiger partial charge in [0, 0.05) is 0 Å². The summed E-state index contributed by atoms with van der Waals surface area (Å²) in [6, 6.07) is 0. The Hall–Kier alpha value is -0.570. The lowest BCUT2D eigenvalue weighted by molar-refractivity contribution is -0.144. The molecule has 0 spiro atoms. The summed E-state index contributed by atoms with van der Waals surface area (Å²) in [6.45, 7) is 3.74. The van der Waals surface area contributed by atoms with E-state index in [1.807, 2.05) is 13.8 Å². The van der Waals surface area contributed by atoms with Crippen LogP contribution >= 0.6 is 0 Å². The van der Waals surface area contributed by atoms with Gasteiger partial charge in [-0.3, -0.25) is 0 Å². The number of aliphatic carboxylic acids is 1. The maximum absolute atomic E-state index is 9.98. The number of hydrogen-bond donors (Lipinski definition) is 1. The van der Waals surface area contributed by atoms with Gasteiger partial charge in [-0.2, -0.15) is 0 Å². The monoisotopic (exact) mass is 146 g/mol. The highest BCUT2D eigenvalue weighted by Gasteiger charge is 2.02. The molecule has 3 nitrogen and oxygen atoms in total. The second kappa shape index (κ2) is 5.23. The number of hydrogen-bond acceptors (Lipinski definition) is 2. The van der Waals surface area contributed by atoms with Crippen molar-refractivity contribution in [2.75, 3.05) is 6.61 Å². The molecule has 0 aliphatic carbocycles. The van der Waals surface area contributed by atoms with Crippen LogP contribution in [0.3, 0.4) is 0 Å². The van der Waals surface area contributed by atoms with Crippen molar-refractivity contribution in [3.8, 4) is 0 Å². The van der Waals surface area contributed by atoms with Crippen LogP contribution in [0.4, 0.5) is 0 Å². The third-order valence-corrected chi connectivity index (χ3v) is 1.19. The molecule has 0 radical (unpaired) electrons. The van der Waals surface area contributed by atoms with E-state index in [9.17, 15) is 4.79 Å². The van der Waals surface area contributed by atoms with Gasteiger partial charge in [-0.15, -0.1) is 0 Å². The van der Waals surface area contributed by atoms with E-state index in [1.54, 1.807) is 0 Å². The van der Waals surface area contributed by atoms with Crippen molar-refractivity contribution in [2.45, 2.75) is 32.8 Å². The number of carboxylic acid groups (broad SMARTS) is 1. The van der Waals surface area contributed by atoms with E-state index < -0.39 is 5.97 Å². The van der Waals surface area contributed by atoms with Crippen molar-refractivity contribution in [2.24, 2.45) is 0 Å². The van der Waals surface area contributed by atoms with E-state index in [-0.39, 0.29) is 12.7 Å². The van der Waals surface area contributed by atoms with E-state index in [0.29, 0.717) is 0 Å². The van der Waals surface area contributed by atoms with Crippen LogP contribution in [-0.2, 0) is 9.53 Å². The van der Waals surface area contributed by atoms with Gasteiger partial charge in [0.05, 0.1) is 6.10 Å². The third kappa shape index (κ3) is 5.56. The fraction of sp³-hybridized carbons (Fsp3) is 0.857. The minimum atomic E-state index is -0.900. The van der Waals surface area contributed by atoms with Gasteiger partial charge < -0.3 is 9.84 Å². The summed E-state index contributed by atoms with van der Waals surface area (Å²) in [5.41, 5.74) is 0. The highest BCUT2D eigenvalue weighted by Crippen LogP contribution is 1.99. The number of ether oxygens (including phenoxy) is 1. The SMILES string of the molecule is CCC[C@H](C)OCC(=O)O. The van der Waals surface area contributed by atoms with Crippen molar-refractivity contribution in [1.29, 1.82) is 0 Å². The molecule has 0 bridgehead atoms. The zero-order valence-electron chi connectivity index (χ0n) is 6.46. The zero-order valence-corrected chi connectivity index (χ0v) is 6.46. The smallest absolute Gasteiger partial charge is 0.329 e. The molecule has 0 amide bonds. The second-order valence-electron chi connectivity index (χ2n) is 2.30. The van der Waals surface area contributed by atoms with Crippen LogP contribution in [0, 0.1) is 0 Å². The van der Waals surface area contributed by atoms with Gasteiger partial charge in [0.15, 0.2) is 0 Å². The lowest BCUT2D eigenvalue weighted by Crippen LogP contribution is -2.14. The first kappa shape index (κ1) is 9.43. The molecule has 0 aromatic carbocycles. The quantitative estimate of drug-likeness (QED) is 0.635. The Balaban J connectivity index is 3.21. The fourth-order valence-electron chi connectivity index (χ4n) is 0.703. The molecule has 0 aromatic rings. The number of carboxylic acids is 1. The van der Waals surface area contributed by atoms with E-state index in [2.05, 4.69) is 0 Å². The summed E-state index contributed by atoms with van der Waals surface area (Å²) in [6.07, 6.45) is 2.02. The molecule has 10 heavy (non-hydrogen) atoms. The summed E-state index contributed by atoms with van der Waals surface area (Å²) >= 11 is 0. The molecule has 0 fully saturated rings. The Morgan fingerprint density at radius 2 is 2.30 bits per heavy atom. The lowest BCUT2D eigenvalue weighted by Gasteiger charge is -2.08. The van der Waals surface area contributed by atoms with Gasteiger partial charge in [0.1, 0.15) is 6.61 Å². The van der Waals surface area contributed by atoms with Gasteiger partial charge in [-0.1, -0.05) is 13.3 Å². The van der Waals surface area contributed by atoms with Crippen molar-refractivity contribution < 1.29 is 14.6 Å². The molecule has 0 saturated carbocycles. The predicted octanol–water partition coefficient (Wildman–Crippen LogP) is 1.28. The maximum atomic E-state index is 9.98. The minimum Gasteiger partial charge on any atom is -0.480 e. The average Bonchev–Trinajstić information content (AvgIpc) is 1.85. The van der Waals surface area contributed by atoms with Gasteiger partial charge >= 0.3 is 5.97 Å².